The lowest BCUT2D eigenvalue weighted by Crippen LogP contribution is -2.07. The van der Waals surface area contributed by atoms with E-state index in [1.165, 1.54) is 7.11 Å². The summed E-state index contributed by atoms with van der Waals surface area (Å²) in [6.45, 7) is 5.82. The Hall–Kier alpha value is -1.81. The number of aromatic hydroxyl groups is 2. The Kier molecular flexibility index (Phi) is 4.10. The molecule has 2 N–H and O–H groups in total. The molecule has 0 saturated carbocycles. The summed E-state index contributed by atoms with van der Waals surface area (Å²) < 4.78 is 4.82. The van der Waals surface area contributed by atoms with Gasteiger partial charge in [-0.25, -0.2) is 0 Å². The molecule has 0 aromatic heterocycles. The number of thiol groups is 1. The summed E-state index contributed by atoms with van der Waals surface area (Å²) in [4.78, 5) is 0. The zero-order valence-corrected chi connectivity index (χ0v) is 13.5. The van der Waals surface area contributed by atoms with Gasteiger partial charge in [0.1, 0.15) is 5.75 Å². The molecule has 0 radical (unpaired) electrons. The molecule has 112 valence electrons. The van der Waals surface area contributed by atoms with Gasteiger partial charge in [0.05, 0.1) is 7.11 Å². The van der Waals surface area contributed by atoms with Crippen LogP contribution in [-0.2, 0) is 4.75 Å². The van der Waals surface area contributed by atoms with Crippen molar-refractivity contribution >= 4 is 12.6 Å². The Balaban J connectivity index is 2.60. The second-order valence-electron chi connectivity index (χ2n) is 5.65. The van der Waals surface area contributed by atoms with Crippen molar-refractivity contribution < 1.29 is 14.9 Å². The normalized spacial score (nSPS) is 11.5. The molecule has 3 nitrogen and oxygen atoms in total. The molecule has 0 fully saturated rings. The van der Waals surface area contributed by atoms with Crippen LogP contribution in [-0.4, -0.2) is 17.3 Å². The summed E-state index contributed by atoms with van der Waals surface area (Å²) in [6.07, 6.45) is 0. The average Bonchev–Trinajstić information content (AvgIpc) is 2.40. The molecule has 0 amide bonds. The molecule has 0 saturated heterocycles. The first-order chi connectivity index (χ1) is 9.74. The van der Waals surface area contributed by atoms with Gasteiger partial charge in [0.25, 0.3) is 0 Å². The van der Waals surface area contributed by atoms with E-state index in [0.717, 1.165) is 11.1 Å². The summed E-state index contributed by atoms with van der Waals surface area (Å²) in [5.74, 6) is 0.525. The number of aryl methyl sites for hydroxylation is 1. The number of phenolic OH excluding ortho intramolecular Hbond substituents is 2. The standard InChI is InChI=1S/C17H20O3S/c1-10-7-13(16(19)15(8-10)20-4)12-6-5-11(9-14(12)18)17(2,3)21/h5-9,18-19,21H,1-4H3. The highest BCUT2D eigenvalue weighted by atomic mass is 32.1. The summed E-state index contributed by atoms with van der Waals surface area (Å²) in [5.41, 5.74) is 2.97. The van der Waals surface area contributed by atoms with Gasteiger partial charge >= 0.3 is 0 Å². The van der Waals surface area contributed by atoms with Gasteiger partial charge < -0.3 is 14.9 Å². The molecule has 0 bridgehead atoms. The minimum Gasteiger partial charge on any atom is -0.507 e. The number of hydrogen-bond acceptors (Lipinski definition) is 4. The maximum Gasteiger partial charge on any atom is 0.165 e. The van der Waals surface area contributed by atoms with Crippen molar-refractivity contribution in [1.29, 1.82) is 0 Å². The topological polar surface area (TPSA) is 49.7 Å². The predicted molar refractivity (Wildman–Crippen MR) is 88.5 cm³/mol. The Morgan fingerprint density at radius 1 is 1.05 bits per heavy atom. The average molecular weight is 304 g/mol. The van der Waals surface area contributed by atoms with E-state index in [-0.39, 0.29) is 16.2 Å². The molecule has 2 rings (SSSR count). The Morgan fingerprint density at radius 2 is 1.71 bits per heavy atom. The minimum absolute atomic E-state index is 0.0243. The maximum atomic E-state index is 10.3. The molecule has 4 heteroatoms. The first kappa shape index (κ1) is 15.6. The SMILES string of the molecule is COc1cc(C)cc(-c2ccc(C(C)(C)S)cc2O)c1O. The van der Waals surface area contributed by atoms with Gasteiger partial charge in [0.15, 0.2) is 11.5 Å². The van der Waals surface area contributed by atoms with E-state index in [1.54, 1.807) is 18.2 Å². The van der Waals surface area contributed by atoms with Crippen molar-refractivity contribution in [1.82, 2.24) is 0 Å². The third-order valence-electron chi connectivity index (χ3n) is 3.43. The lowest BCUT2D eigenvalue weighted by atomic mass is 9.95. The summed E-state index contributed by atoms with van der Waals surface area (Å²) >= 11 is 4.50. The van der Waals surface area contributed by atoms with Crippen LogP contribution in [0.2, 0.25) is 0 Å². The highest BCUT2D eigenvalue weighted by Crippen LogP contribution is 2.43. The first-order valence-electron chi connectivity index (χ1n) is 6.68. The van der Waals surface area contributed by atoms with Crippen LogP contribution in [0.1, 0.15) is 25.0 Å². The van der Waals surface area contributed by atoms with E-state index < -0.39 is 0 Å². The summed E-state index contributed by atoms with van der Waals surface area (Å²) in [6, 6.07) is 8.93. The quantitative estimate of drug-likeness (QED) is 0.743. The second-order valence-corrected chi connectivity index (χ2v) is 6.77. The first-order valence-corrected chi connectivity index (χ1v) is 7.12. The summed E-state index contributed by atoms with van der Waals surface area (Å²) in [7, 11) is 1.50. The van der Waals surface area contributed by atoms with Crippen LogP contribution in [0, 0.1) is 6.92 Å². The van der Waals surface area contributed by atoms with E-state index in [2.05, 4.69) is 12.6 Å². The van der Waals surface area contributed by atoms with Gasteiger partial charge in [-0.1, -0.05) is 12.1 Å². The Bertz CT molecular complexity index is 672. The second kappa shape index (κ2) is 5.53. The third-order valence-corrected chi connectivity index (χ3v) is 3.69. The fourth-order valence-electron chi connectivity index (χ4n) is 2.25. The number of rotatable bonds is 3. The number of ether oxygens (including phenoxy) is 1. The third kappa shape index (κ3) is 3.10. The smallest absolute Gasteiger partial charge is 0.165 e. The fourth-order valence-corrected chi connectivity index (χ4v) is 2.39. The molecule has 0 unspecified atom stereocenters. The van der Waals surface area contributed by atoms with Crippen LogP contribution in [0.3, 0.4) is 0 Å². The van der Waals surface area contributed by atoms with Gasteiger partial charge in [0, 0.05) is 15.9 Å². The highest BCUT2D eigenvalue weighted by Gasteiger charge is 2.19. The highest BCUT2D eigenvalue weighted by molar-refractivity contribution is 7.81. The van der Waals surface area contributed by atoms with Crippen molar-refractivity contribution in [2.24, 2.45) is 0 Å². The molecule has 2 aromatic rings. The molecule has 0 spiro atoms. The number of phenols is 2. The number of hydrogen-bond donors (Lipinski definition) is 3. The zero-order chi connectivity index (χ0) is 15.8. The lowest BCUT2D eigenvalue weighted by molar-refractivity contribution is 0.374. The molecule has 0 atom stereocenters. The molecular formula is C17H20O3S. The molecular weight excluding hydrogens is 284 g/mol. The number of methoxy groups -OCH3 is 1. The van der Waals surface area contributed by atoms with Crippen LogP contribution >= 0.6 is 12.6 Å². The van der Waals surface area contributed by atoms with E-state index in [4.69, 9.17) is 4.74 Å². The van der Waals surface area contributed by atoms with Crippen LogP contribution in [0.4, 0.5) is 0 Å². The van der Waals surface area contributed by atoms with Gasteiger partial charge in [-0.05, 0) is 50.1 Å². The van der Waals surface area contributed by atoms with E-state index >= 15 is 0 Å². The van der Waals surface area contributed by atoms with Crippen molar-refractivity contribution in [3.8, 4) is 28.4 Å². The largest absolute Gasteiger partial charge is 0.507 e. The van der Waals surface area contributed by atoms with E-state index in [0.29, 0.717) is 16.9 Å². The monoisotopic (exact) mass is 304 g/mol. The zero-order valence-electron chi connectivity index (χ0n) is 12.6. The fraction of sp³-hybridized carbons (Fsp3) is 0.294. The molecule has 2 aromatic carbocycles. The Labute approximate surface area is 130 Å². The lowest BCUT2D eigenvalue weighted by Gasteiger charge is -2.19. The number of benzene rings is 2. The molecule has 0 aliphatic heterocycles. The van der Waals surface area contributed by atoms with Crippen LogP contribution in [0.25, 0.3) is 11.1 Å². The summed E-state index contributed by atoms with van der Waals surface area (Å²) in [5, 5.41) is 20.6. The predicted octanol–water partition coefficient (Wildman–Crippen LogP) is 4.25. The molecule has 0 aliphatic carbocycles. The minimum atomic E-state index is -0.345. The van der Waals surface area contributed by atoms with Crippen LogP contribution in [0.15, 0.2) is 30.3 Å². The van der Waals surface area contributed by atoms with Gasteiger partial charge in [0.2, 0.25) is 0 Å². The van der Waals surface area contributed by atoms with Crippen LogP contribution in [0.5, 0.6) is 17.2 Å². The molecule has 0 heterocycles. The van der Waals surface area contributed by atoms with Crippen LogP contribution < -0.4 is 4.74 Å². The van der Waals surface area contributed by atoms with Crippen molar-refractivity contribution in [3.63, 3.8) is 0 Å². The van der Waals surface area contributed by atoms with Gasteiger partial charge in [-0.15, -0.1) is 0 Å². The van der Waals surface area contributed by atoms with Crippen molar-refractivity contribution in [3.05, 3.63) is 41.5 Å². The molecule has 0 aliphatic rings. The Morgan fingerprint density at radius 3 is 2.24 bits per heavy atom. The van der Waals surface area contributed by atoms with Crippen molar-refractivity contribution in [2.45, 2.75) is 25.5 Å². The van der Waals surface area contributed by atoms with Crippen molar-refractivity contribution in [2.75, 3.05) is 7.11 Å². The van der Waals surface area contributed by atoms with Gasteiger partial charge in [-0.3, -0.25) is 0 Å². The maximum absolute atomic E-state index is 10.3. The van der Waals surface area contributed by atoms with E-state index in [1.807, 2.05) is 32.9 Å². The van der Waals surface area contributed by atoms with Gasteiger partial charge in [-0.2, -0.15) is 12.6 Å². The molecule has 21 heavy (non-hydrogen) atoms. The van der Waals surface area contributed by atoms with E-state index in [9.17, 15) is 10.2 Å².